The molecule has 6 nitrogen and oxygen atoms in total. The van der Waals surface area contributed by atoms with Crippen LogP contribution in [0, 0.1) is 0 Å². The number of para-hydroxylation sites is 2. The third kappa shape index (κ3) is 4.46. The summed E-state index contributed by atoms with van der Waals surface area (Å²) >= 11 is 0. The van der Waals surface area contributed by atoms with Crippen LogP contribution in [-0.4, -0.2) is 43.5 Å². The number of carbonyl (C=O) groups is 2. The molecule has 6 heteroatoms. The largest absolute Gasteiger partial charge is 0.479 e. The van der Waals surface area contributed by atoms with Crippen LogP contribution in [0.25, 0.3) is 0 Å². The van der Waals surface area contributed by atoms with Crippen molar-refractivity contribution in [3.8, 4) is 5.75 Å². The Morgan fingerprint density at radius 2 is 1.78 bits per heavy atom. The van der Waals surface area contributed by atoms with Gasteiger partial charge in [0.15, 0.2) is 6.10 Å². The van der Waals surface area contributed by atoms with Gasteiger partial charge in [-0.3, -0.25) is 14.5 Å². The number of carbonyl (C=O) groups excluding carboxylic acids is 2. The van der Waals surface area contributed by atoms with E-state index in [0.717, 1.165) is 12.1 Å². The summed E-state index contributed by atoms with van der Waals surface area (Å²) in [6, 6.07) is 15.3. The predicted octanol–water partition coefficient (Wildman–Crippen LogP) is 2.18. The van der Waals surface area contributed by atoms with Gasteiger partial charge in [0.1, 0.15) is 12.3 Å². The van der Waals surface area contributed by atoms with Gasteiger partial charge in [0.25, 0.3) is 5.91 Å². The van der Waals surface area contributed by atoms with Crippen LogP contribution in [0.5, 0.6) is 5.75 Å². The molecule has 0 aromatic heterocycles. The van der Waals surface area contributed by atoms with Crippen molar-refractivity contribution in [3.63, 3.8) is 0 Å². The van der Waals surface area contributed by atoms with E-state index in [4.69, 9.17) is 4.74 Å². The van der Waals surface area contributed by atoms with E-state index in [0.29, 0.717) is 18.0 Å². The number of anilines is 1. The standard InChI is InChI=1S/C21H25N3O3/c1-15-21(26)24(18-10-6-7-11-19(18)27-15)14-20(25)22-12-16-8-4-5-9-17(16)13-23(2)3/h4-11,15H,12-14H2,1-3H3,(H,22,25). The van der Waals surface area contributed by atoms with Crippen molar-refractivity contribution in [2.75, 3.05) is 25.5 Å². The Bertz CT molecular complexity index is 835. The lowest BCUT2D eigenvalue weighted by atomic mass is 10.1. The van der Waals surface area contributed by atoms with Gasteiger partial charge < -0.3 is 15.0 Å². The minimum absolute atomic E-state index is 0.0284. The van der Waals surface area contributed by atoms with E-state index in [9.17, 15) is 9.59 Å². The van der Waals surface area contributed by atoms with Crippen LogP contribution in [0.3, 0.4) is 0 Å². The van der Waals surface area contributed by atoms with Crippen molar-refractivity contribution >= 4 is 17.5 Å². The first-order valence-electron chi connectivity index (χ1n) is 9.01. The Labute approximate surface area is 159 Å². The summed E-state index contributed by atoms with van der Waals surface area (Å²) in [4.78, 5) is 28.6. The summed E-state index contributed by atoms with van der Waals surface area (Å²) in [5.74, 6) is 0.206. The molecule has 2 amide bonds. The third-order valence-corrected chi connectivity index (χ3v) is 4.46. The minimum Gasteiger partial charge on any atom is -0.479 e. The molecular weight excluding hydrogens is 342 g/mol. The van der Waals surface area contributed by atoms with Crippen molar-refractivity contribution < 1.29 is 14.3 Å². The fourth-order valence-corrected chi connectivity index (χ4v) is 3.14. The molecule has 142 valence electrons. The van der Waals surface area contributed by atoms with Gasteiger partial charge in [-0.1, -0.05) is 36.4 Å². The molecule has 1 N–H and O–H groups in total. The van der Waals surface area contributed by atoms with E-state index in [2.05, 4.69) is 16.3 Å². The Balaban J connectivity index is 1.67. The van der Waals surface area contributed by atoms with Gasteiger partial charge in [-0.05, 0) is 44.3 Å². The molecule has 0 bridgehead atoms. The zero-order chi connectivity index (χ0) is 19.4. The first kappa shape index (κ1) is 18.9. The van der Waals surface area contributed by atoms with Crippen LogP contribution >= 0.6 is 0 Å². The van der Waals surface area contributed by atoms with Crippen LogP contribution in [0.2, 0.25) is 0 Å². The second-order valence-corrected chi connectivity index (χ2v) is 6.94. The number of hydrogen-bond donors (Lipinski definition) is 1. The summed E-state index contributed by atoms with van der Waals surface area (Å²) in [5, 5.41) is 2.93. The molecule has 2 aromatic carbocycles. The lowest BCUT2D eigenvalue weighted by Gasteiger charge is -2.32. The quantitative estimate of drug-likeness (QED) is 0.850. The van der Waals surface area contributed by atoms with Crippen LogP contribution in [0.1, 0.15) is 18.1 Å². The highest BCUT2D eigenvalue weighted by molar-refractivity contribution is 6.03. The summed E-state index contributed by atoms with van der Waals surface area (Å²) < 4.78 is 5.61. The van der Waals surface area contributed by atoms with Crippen molar-refractivity contribution in [1.82, 2.24) is 10.2 Å². The average molecular weight is 367 g/mol. The molecule has 27 heavy (non-hydrogen) atoms. The maximum absolute atomic E-state index is 12.5. The van der Waals surface area contributed by atoms with Crippen LogP contribution in [-0.2, 0) is 22.7 Å². The normalized spacial score (nSPS) is 16.1. The number of fused-ring (bicyclic) bond motifs is 1. The highest BCUT2D eigenvalue weighted by atomic mass is 16.5. The Kier molecular flexibility index (Phi) is 5.76. The van der Waals surface area contributed by atoms with Gasteiger partial charge in [-0.15, -0.1) is 0 Å². The minimum atomic E-state index is -0.603. The molecule has 3 rings (SSSR count). The summed E-state index contributed by atoms with van der Waals surface area (Å²) in [5.41, 5.74) is 2.87. The number of rotatable bonds is 6. The maximum Gasteiger partial charge on any atom is 0.268 e. The Morgan fingerprint density at radius 3 is 2.52 bits per heavy atom. The molecule has 0 saturated carbocycles. The van der Waals surface area contributed by atoms with Gasteiger partial charge in [-0.2, -0.15) is 0 Å². The molecule has 0 fully saturated rings. The van der Waals surface area contributed by atoms with E-state index >= 15 is 0 Å². The number of hydrogen-bond acceptors (Lipinski definition) is 4. The predicted molar refractivity (Wildman–Crippen MR) is 105 cm³/mol. The Morgan fingerprint density at radius 1 is 1.11 bits per heavy atom. The third-order valence-electron chi connectivity index (χ3n) is 4.46. The second kappa shape index (κ2) is 8.22. The van der Waals surface area contributed by atoms with Crippen molar-refractivity contribution in [1.29, 1.82) is 0 Å². The van der Waals surface area contributed by atoms with E-state index in [1.807, 2.05) is 44.4 Å². The molecule has 1 unspecified atom stereocenters. The summed E-state index contributed by atoms with van der Waals surface area (Å²) in [6.45, 7) is 2.90. The van der Waals surface area contributed by atoms with Gasteiger partial charge in [0.05, 0.1) is 5.69 Å². The smallest absolute Gasteiger partial charge is 0.268 e. The molecule has 0 radical (unpaired) electrons. The van der Waals surface area contributed by atoms with Crippen LogP contribution in [0.15, 0.2) is 48.5 Å². The van der Waals surface area contributed by atoms with Gasteiger partial charge >= 0.3 is 0 Å². The summed E-state index contributed by atoms with van der Waals surface area (Å²) in [6.07, 6.45) is -0.603. The van der Waals surface area contributed by atoms with Gasteiger partial charge in [0, 0.05) is 13.1 Å². The lowest BCUT2D eigenvalue weighted by Crippen LogP contribution is -2.48. The van der Waals surface area contributed by atoms with Crippen molar-refractivity contribution in [3.05, 3.63) is 59.7 Å². The zero-order valence-corrected chi connectivity index (χ0v) is 15.9. The highest BCUT2D eigenvalue weighted by Gasteiger charge is 2.32. The fourth-order valence-electron chi connectivity index (χ4n) is 3.14. The SMILES string of the molecule is CC1Oc2ccccc2N(CC(=O)NCc2ccccc2CN(C)C)C1=O. The maximum atomic E-state index is 12.5. The first-order chi connectivity index (χ1) is 13.0. The number of benzene rings is 2. The van der Waals surface area contributed by atoms with E-state index in [-0.39, 0.29) is 18.4 Å². The lowest BCUT2D eigenvalue weighted by molar-refractivity contribution is -0.128. The summed E-state index contributed by atoms with van der Waals surface area (Å²) in [7, 11) is 4.02. The van der Waals surface area contributed by atoms with Crippen LogP contribution in [0.4, 0.5) is 5.69 Å². The van der Waals surface area contributed by atoms with Crippen molar-refractivity contribution in [2.24, 2.45) is 0 Å². The Hall–Kier alpha value is -2.86. The van der Waals surface area contributed by atoms with Gasteiger partial charge in [0.2, 0.25) is 5.91 Å². The molecule has 0 spiro atoms. The number of nitrogens with one attached hydrogen (secondary N) is 1. The van der Waals surface area contributed by atoms with Crippen molar-refractivity contribution in [2.45, 2.75) is 26.1 Å². The number of nitrogens with zero attached hydrogens (tertiary/aromatic N) is 2. The van der Waals surface area contributed by atoms with E-state index < -0.39 is 6.10 Å². The molecule has 0 aliphatic carbocycles. The first-order valence-corrected chi connectivity index (χ1v) is 9.01. The topological polar surface area (TPSA) is 61.9 Å². The van der Waals surface area contributed by atoms with E-state index in [1.165, 1.54) is 10.5 Å². The molecule has 1 atom stereocenters. The molecule has 0 saturated heterocycles. The zero-order valence-electron chi connectivity index (χ0n) is 15.9. The second-order valence-electron chi connectivity index (χ2n) is 6.94. The molecular formula is C21H25N3O3. The monoisotopic (exact) mass is 367 g/mol. The van der Waals surface area contributed by atoms with E-state index in [1.54, 1.807) is 19.1 Å². The van der Waals surface area contributed by atoms with Gasteiger partial charge in [-0.25, -0.2) is 0 Å². The average Bonchev–Trinajstić information content (AvgIpc) is 2.64. The number of ether oxygens (including phenoxy) is 1. The highest BCUT2D eigenvalue weighted by Crippen LogP contribution is 2.33. The fraction of sp³-hybridized carbons (Fsp3) is 0.333. The molecule has 1 aliphatic heterocycles. The van der Waals surface area contributed by atoms with Crippen LogP contribution < -0.4 is 15.0 Å². The number of amides is 2. The molecule has 1 aliphatic rings. The molecule has 1 heterocycles. The molecule has 2 aromatic rings.